The van der Waals surface area contributed by atoms with Gasteiger partial charge in [0.05, 0.1) is 20.3 Å². The molecule has 0 spiro atoms. The van der Waals surface area contributed by atoms with Crippen LogP contribution in [-0.4, -0.2) is 31.6 Å². The van der Waals surface area contributed by atoms with E-state index >= 15 is 0 Å². The van der Waals surface area contributed by atoms with Crippen molar-refractivity contribution in [2.24, 2.45) is 0 Å². The number of hydrogen-bond donors (Lipinski definition) is 0. The van der Waals surface area contributed by atoms with E-state index in [0.717, 1.165) is 23.3 Å². The molecule has 4 heteroatoms. The average Bonchev–Trinajstić information content (AvgIpc) is 2.60. The molecule has 3 rings (SSSR count). The summed E-state index contributed by atoms with van der Waals surface area (Å²) in [6, 6.07) is 12.3. The number of aryl methyl sites for hydroxylation is 1. The monoisotopic (exact) mass is 325 g/mol. The van der Waals surface area contributed by atoms with E-state index in [1.165, 1.54) is 11.1 Å². The number of carbonyl (C=O) groups is 1. The topological polar surface area (TPSA) is 38.8 Å². The molecular formula is C20H23NO3. The first-order valence-corrected chi connectivity index (χ1v) is 8.13. The molecule has 2 aromatic carbocycles. The van der Waals surface area contributed by atoms with Gasteiger partial charge in [-0.2, -0.15) is 0 Å². The minimum absolute atomic E-state index is 0.0843. The number of carbonyl (C=O) groups excluding carboxylic acids is 1. The van der Waals surface area contributed by atoms with E-state index < -0.39 is 0 Å². The summed E-state index contributed by atoms with van der Waals surface area (Å²) in [5, 5.41) is 0. The van der Waals surface area contributed by atoms with Crippen LogP contribution in [0.1, 0.15) is 35.2 Å². The van der Waals surface area contributed by atoms with Crippen LogP contribution < -0.4 is 9.47 Å². The Morgan fingerprint density at radius 2 is 1.71 bits per heavy atom. The molecular weight excluding hydrogens is 302 g/mol. The second-order valence-electron chi connectivity index (χ2n) is 6.18. The van der Waals surface area contributed by atoms with Crippen LogP contribution in [0.4, 0.5) is 0 Å². The minimum atomic E-state index is -0.0911. The number of amides is 1. The Morgan fingerprint density at radius 1 is 1.08 bits per heavy atom. The molecule has 1 amide bonds. The molecule has 0 unspecified atom stereocenters. The van der Waals surface area contributed by atoms with Gasteiger partial charge in [-0.1, -0.05) is 29.8 Å². The van der Waals surface area contributed by atoms with Gasteiger partial charge in [0.2, 0.25) is 5.91 Å². The SMILES string of the molecule is COc1cc2c(cc1OC)[C@H](c1ccc(C)cc1)N(C(C)=O)CC2. The third-order valence-electron chi connectivity index (χ3n) is 4.67. The first kappa shape index (κ1) is 16.4. The molecule has 0 bridgehead atoms. The summed E-state index contributed by atoms with van der Waals surface area (Å²) < 4.78 is 10.9. The first-order chi connectivity index (χ1) is 11.5. The molecule has 0 saturated carbocycles. The Labute approximate surface area is 143 Å². The number of nitrogens with zero attached hydrogens (tertiary/aromatic N) is 1. The molecule has 1 atom stereocenters. The van der Waals surface area contributed by atoms with E-state index in [2.05, 4.69) is 31.2 Å². The molecule has 0 saturated heterocycles. The second-order valence-corrected chi connectivity index (χ2v) is 6.18. The lowest BCUT2D eigenvalue weighted by Gasteiger charge is -2.37. The number of benzene rings is 2. The Hall–Kier alpha value is -2.49. The van der Waals surface area contributed by atoms with Crippen LogP contribution >= 0.6 is 0 Å². The van der Waals surface area contributed by atoms with E-state index in [0.29, 0.717) is 12.3 Å². The summed E-state index contributed by atoms with van der Waals surface area (Å²) in [7, 11) is 3.28. The zero-order valence-electron chi connectivity index (χ0n) is 14.6. The maximum absolute atomic E-state index is 12.2. The van der Waals surface area contributed by atoms with Gasteiger partial charge in [0.1, 0.15) is 0 Å². The van der Waals surface area contributed by atoms with Gasteiger partial charge in [-0.3, -0.25) is 4.79 Å². The highest BCUT2D eigenvalue weighted by molar-refractivity contribution is 5.75. The Balaban J connectivity index is 2.16. The molecule has 0 aromatic heterocycles. The van der Waals surface area contributed by atoms with Crippen molar-refractivity contribution < 1.29 is 14.3 Å². The standard InChI is InChI=1S/C20H23NO3/c1-13-5-7-15(8-6-13)20-17-12-19(24-4)18(23-3)11-16(17)9-10-21(20)14(2)22/h5-8,11-12,20H,9-10H2,1-4H3/t20-/m0/s1. The van der Waals surface area contributed by atoms with Gasteiger partial charge in [0.15, 0.2) is 11.5 Å². The van der Waals surface area contributed by atoms with E-state index in [1.807, 2.05) is 17.0 Å². The zero-order valence-corrected chi connectivity index (χ0v) is 14.6. The third kappa shape index (κ3) is 2.84. The van der Waals surface area contributed by atoms with Crippen molar-refractivity contribution in [1.82, 2.24) is 4.90 Å². The number of fused-ring (bicyclic) bond motifs is 1. The summed E-state index contributed by atoms with van der Waals surface area (Å²) in [5.74, 6) is 1.51. The highest BCUT2D eigenvalue weighted by Gasteiger charge is 2.31. The Morgan fingerprint density at radius 3 is 2.29 bits per heavy atom. The minimum Gasteiger partial charge on any atom is -0.493 e. The number of ether oxygens (including phenoxy) is 2. The van der Waals surface area contributed by atoms with Crippen LogP contribution in [0.15, 0.2) is 36.4 Å². The smallest absolute Gasteiger partial charge is 0.220 e. The summed E-state index contributed by atoms with van der Waals surface area (Å²) in [6.07, 6.45) is 0.817. The van der Waals surface area contributed by atoms with Crippen molar-refractivity contribution >= 4 is 5.91 Å². The number of rotatable bonds is 3. The average molecular weight is 325 g/mol. The van der Waals surface area contributed by atoms with E-state index in [1.54, 1.807) is 21.1 Å². The molecule has 1 aliphatic heterocycles. The van der Waals surface area contributed by atoms with Crippen molar-refractivity contribution in [3.05, 3.63) is 58.7 Å². The third-order valence-corrected chi connectivity index (χ3v) is 4.67. The van der Waals surface area contributed by atoms with Crippen molar-refractivity contribution in [1.29, 1.82) is 0 Å². The van der Waals surface area contributed by atoms with Crippen LogP contribution in [0, 0.1) is 6.92 Å². The zero-order chi connectivity index (χ0) is 17.3. The van der Waals surface area contributed by atoms with Gasteiger partial charge in [0, 0.05) is 13.5 Å². The summed E-state index contributed by atoms with van der Waals surface area (Å²) >= 11 is 0. The predicted molar refractivity (Wildman–Crippen MR) is 93.7 cm³/mol. The fourth-order valence-electron chi connectivity index (χ4n) is 3.39. The van der Waals surface area contributed by atoms with Crippen LogP contribution in [-0.2, 0) is 11.2 Å². The van der Waals surface area contributed by atoms with Gasteiger partial charge in [-0.15, -0.1) is 0 Å². The second kappa shape index (κ2) is 6.56. The molecule has 4 nitrogen and oxygen atoms in total. The Kier molecular flexibility index (Phi) is 4.47. The van der Waals surface area contributed by atoms with Gasteiger partial charge < -0.3 is 14.4 Å². The van der Waals surface area contributed by atoms with Crippen LogP contribution in [0.2, 0.25) is 0 Å². The molecule has 1 aliphatic rings. The van der Waals surface area contributed by atoms with Gasteiger partial charge >= 0.3 is 0 Å². The molecule has 0 radical (unpaired) electrons. The van der Waals surface area contributed by atoms with Crippen molar-refractivity contribution in [2.45, 2.75) is 26.3 Å². The fraction of sp³-hybridized carbons (Fsp3) is 0.350. The maximum Gasteiger partial charge on any atom is 0.220 e. The highest BCUT2D eigenvalue weighted by atomic mass is 16.5. The van der Waals surface area contributed by atoms with E-state index in [4.69, 9.17) is 9.47 Å². The predicted octanol–water partition coefficient (Wildman–Crippen LogP) is 3.51. The van der Waals surface area contributed by atoms with Crippen molar-refractivity contribution in [3.63, 3.8) is 0 Å². The summed E-state index contributed by atoms with van der Waals surface area (Å²) in [6.45, 7) is 4.40. The number of hydrogen-bond acceptors (Lipinski definition) is 3. The molecule has 2 aromatic rings. The highest BCUT2D eigenvalue weighted by Crippen LogP contribution is 2.41. The van der Waals surface area contributed by atoms with Gasteiger partial charge in [-0.05, 0) is 42.2 Å². The summed E-state index contributed by atoms with van der Waals surface area (Å²) in [4.78, 5) is 14.1. The quantitative estimate of drug-likeness (QED) is 0.867. The normalized spacial score (nSPS) is 16.5. The van der Waals surface area contributed by atoms with Crippen molar-refractivity contribution in [3.8, 4) is 11.5 Å². The van der Waals surface area contributed by atoms with Gasteiger partial charge in [-0.25, -0.2) is 0 Å². The molecule has 0 aliphatic carbocycles. The van der Waals surface area contributed by atoms with Crippen LogP contribution in [0.3, 0.4) is 0 Å². The molecule has 0 N–H and O–H groups in total. The van der Waals surface area contributed by atoms with Gasteiger partial charge in [0.25, 0.3) is 0 Å². The number of methoxy groups -OCH3 is 2. The fourth-order valence-corrected chi connectivity index (χ4v) is 3.39. The largest absolute Gasteiger partial charge is 0.493 e. The van der Waals surface area contributed by atoms with Crippen molar-refractivity contribution in [2.75, 3.05) is 20.8 Å². The Bertz CT molecular complexity index is 752. The summed E-state index contributed by atoms with van der Waals surface area (Å²) in [5.41, 5.74) is 4.63. The molecule has 0 fully saturated rings. The van der Waals surface area contributed by atoms with Crippen LogP contribution in [0.25, 0.3) is 0 Å². The maximum atomic E-state index is 12.2. The molecule has 24 heavy (non-hydrogen) atoms. The van der Waals surface area contributed by atoms with E-state index in [9.17, 15) is 4.79 Å². The lowest BCUT2D eigenvalue weighted by atomic mass is 9.87. The first-order valence-electron chi connectivity index (χ1n) is 8.13. The van der Waals surface area contributed by atoms with Crippen LogP contribution in [0.5, 0.6) is 11.5 Å². The molecule has 1 heterocycles. The molecule has 126 valence electrons. The van der Waals surface area contributed by atoms with E-state index in [-0.39, 0.29) is 11.9 Å². The lowest BCUT2D eigenvalue weighted by molar-refractivity contribution is -0.130. The lowest BCUT2D eigenvalue weighted by Crippen LogP contribution is -2.39.